The predicted molar refractivity (Wildman–Crippen MR) is 174 cm³/mol. The van der Waals surface area contributed by atoms with Crippen LogP contribution in [0.1, 0.15) is 36.8 Å². The Kier molecular flexibility index (Phi) is 10.2. The molecule has 2 aromatic heterocycles. The molecule has 0 saturated carbocycles. The number of H-pyrrole nitrogens is 1. The largest absolute Gasteiger partial charge is 0.370 e. The lowest BCUT2D eigenvalue weighted by molar-refractivity contribution is -0.131. The van der Waals surface area contributed by atoms with E-state index in [2.05, 4.69) is 25.9 Å². The first-order valence-corrected chi connectivity index (χ1v) is 15.0. The van der Waals surface area contributed by atoms with Crippen molar-refractivity contribution in [2.45, 2.75) is 50.6 Å². The third-order valence-electron chi connectivity index (χ3n) is 7.71. The summed E-state index contributed by atoms with van der Waals surface area (Å²) in [6, 6.07) is 27.6. The number of rotatable bonds is 15. The van der Waals surface area contributed by atoms with Crippen LogP contribution >= 0.6 is 0 Å². The molecule has 6 N–H and O–H groups in total. The fourth-order valence-corrected chi connectivity index (χ4v) is 5.32. The van der Waals surface area contributed by atoms with Crippen LogP contribution in [0.4, 0.5) is 5.82 Å². The predicted octanol–water partition coefficient (Wildman–Crippen LogP) is 4.63. The SMILES string of the molecule is NC(=O)[C@H](CCCCNc1ccc2ccccc2n1)NC(=O)[C@@H](Cc1ccccc1)NC(=O)CCc1c[nH]c2ccccc12. The minimum absolute atomic E-state index is 0.221. The van der Waals surface area contributed by atoms with Crippen LogP contribution in [0.3, 0.4) is 0 Å². The first-order chi connectivity index (χ1) is 21.5. The van der Waals surface area contributed by atoms with Gasteiger partial charge in [0, 0.05) is 41.9 Å². The first kappa shape index (κ1) is 30.3. The summed E-state index contributed by atoms with van der Waals surface area (Å²) in [6.45, 7) is 0.661. The number of aryl methyl sites for hydroxylation is 1. The summed E-state index contributed by atoms with van der Waals surface area (Å²) in [4.78, 5) is 46.6. The number of para-hydroxylation sites is 2. The number of hydrogen-bond acceptors (Lipinski definition) is 5. The van der Waals surface area contributed by atoms with Gasteiger partial charge in [-0.15, -0.1) is 0 Å². The molecule has 0 fully saturated rings. The first-order valence-electron chi connectivity index (χ1n) is 15.0. The molecule has 3 aromatic carbocycles. The zero-order chi connectivity index (χ0) is 30.7. The second-order valence-electron chi connectivity index (χ2n) is 10.9. The van der Waals surface area contributed by atoms with Crippen molar-refractivity contribution in [2.24, 2.45) is 5.73 Å². The van der Waals surface area contributed by atoms with E-state index in [1.54, 1.807) is 0 Å². The standard InChI is InChI=1S/C35H38N6O3/c36-34(43)30(16-8-9-21-37-32-19-17-25-12-4-6-14-28(25)39-32)41-35(44)31(22-24-10-2-1-3-11-24)40-33(42)20-18-26-23-38-29-15-7-5-13-27(26)29/h1-7,10-15,17,19,23,30-31,38H,8-9,16,18,20-22H2,(H2,36,43)(H,37,39)(H,40,42)(H,41,44)/t30-,31+/m0/s1. The van der Waals surface area contributed by atoms with Crippen LogP contribution in [0.25, 0.3) is 21.8 Å². The summed E-state index contributed by atoms with van der Waals surface area (Å²) < 4.78 is 0. The summed E-state index contributed by atoms with van der Waals surface area (Å²) in [7, 11) is 0. The summed E-state index contributed by atoms with van der Waals surface area (Å²) in [6.07, 6.45) is 4.76. The number of aromatic nitrogens is 2. The Bertz CT molecular complexity index is 1720. The number of carbonyl (C=O) groups is 3. The third-order valence-corrected chi connectivity index (χ3v) is 7.71. The van der Waals surface area contributed by atoms with E-state index in [4.69, 9.17) is 5.73 Å². The maximum atomic E-state index is 13.4. The Morgan fingerprint density at radius 2 is 1.59 bits per heavy atom. The highest BCUT2D eigenvalue weighted by molar-refractivity contribution is 5.92. The lowest BCUT2D eigenvalue weighted by atomic mass is 10.0. The number of primary amides is 1. The average Bonchev–Trinajstić information content (AvgIpc) is 3.46. The molecule has 226 valence electrons. The zero-order valence-electron chi connectivity index (χ0n) is 24.6. The molecule has 0 unspecified atom stereocenters. The highest BCUT2D eigenvalue weighted by Gasteiger charge is 2.26. The van der Waals surface area contributed by atoms with Crippen molar-refractivity contribution in [3.8, 4) is 0 Å². The third kappa shape index (κ3) is 8.22. The molecular weight excluding hydrogens is 552 g/mol. The summed E-state index contributed by atoms with van der Waals surface area (Å²) >= 11 is 0. The number of anilines is 1. The monoisotopic (exact) mass is 590 g/mol. The van der Waals surface area contributed by atoms with Gasteiger partial charge in [-0.2, -0.15) is 0 Å². The molecule has 2 atom stereocenters. The van der Waals surface area contributed by atoms with Crippen molar-refractivity contribution in [3.05, 3.63) is 108 Å². The molecule has 0 aliphatic carbocycles. The Hall–Kier alpha value is -5.18. The summed E-state index contributed by atoms with van der Waals surface area (Å²) in [5.41, 5.74) is 9.55. The van der Waals surface area contributed by atoms with Gasteiger partial charge in [0.05, 0.1) is 5.52 Å². The van der Waals surface area contributed by atoms with Gasteiger partial charge in [0.2, 0.25) is 17.7 Å². The average molecular weight is 591 g/mol. The maximum absolute atomic E-state index is 13.4. The molecule has 9 heteroatoms. The number of nitrogens with one attached hydrogen (secondary N) is 4. The van der Waals surface area contributed by atoms with E-state index in [1.807, 2.05) is 97.2 Å². The lowest BCUT2D eigenvalue weighted by Gasteiger charge is -2.22. The van der Waals surface area contributed by atoms with Crippen molar-refractivity contribution in [1.82, 2.24) is 20.6 Å². The van der Waals surface area contributed by atoms with Crippen molar-refractivity contribution in [1.29, 1.82) is 0 Å². The van der Waals surface area contributed by atoms with Crippen LogP contribution in [0.15, 0.2) is 97.2 Å². The maximum Gasteiger partial charge on any atom is 0.243 e. The summed E-state index contributed by atoms with van der Waals surface area (Å²) in [5.74, 6) is -0.494. The fourth-order valence-electron chi connectivity index (χ4n) is 5.32. The highest BCUT2D eigenvalue weighted by Crippen LogP contribution is 2.19. The smallest absolute Gasteiger partial charge is 0.243 e. The van der Waals surface area contributed by atoms with E-state index < -0.39 is 23.9 Å². The molecular formula is C35H38N6O3. The number of unbranched alkanes of at least 4 members (excludes halogenated alkanes) is 1. The van der Waals surface area contributed by atoms with Crippen molar-refractivity contribution >= 4 is 45.3 Å². The molecule has 44 heavy (non-hydrogen) atoms. The number of amides is 3. The number of carbonyl (C=O) groups excluding carboxylic acids is 3. The molecule has 3 amide bonds. The van der Waals surface area contributed by atoms with E-state index in [1.165, 1.54) is 0 Å². The molecule has 2 heterocycles. The van der Waals surface area contributed by atoms with Gasteiger partial charge in [0.1, 0.15) is 17.9 Å². The van der Waals surface area contributed by atoms with Gasteiger partial charge in [0.15, 0.2) is 0 Å². The van der Waals surface area contributed by atoms with E-state index in [9.17, 15) is 14.4 Å². The van der Waals surface area contributed by atoms with E-state index in [0.29, 0.717) is 32.2 Å². The van der Waals surface area contributed by atoms with Crippen LogP contribution in [0.2, 0.25) is 0 Å². The van der Waals surface area contributed by atoms with Crippen molar-refractivity contribution in [2.75, 3.05) is 11.9 Å². The van der Waals surface area contributed by atoms with Gasteiger partial charge in [-0.3, -0.25) is 14.4 Å². The molecule has 5 rings (SSSR count). The van der Waals surface area contributed by atoms with Crippen LogP contribution in [0.5, 0.6) is 0 Å². The quantitative estimate of drug-likeness (QED) is 0.113. The zero-order valence-corrected chi connectivity index (χ0v) is 24.6. The number of hydrogen-bond donors (Lipinski definition) is 5. The van der Waals surface area contributed by atoms with Gasteiger partial charge >= 0.3 is 0 Å². The Morgan fingerprint density at radius 1 is 0.818 bits per heavy atom. The Labute approximate surface area is 256 Å². The molecule has 0 bridgehead atoms. The minimum Gasteiger partial charge on any atom is -0.370 e. The number of aromatic amines is 1. The van der Waals surface area contributed by atoms with Gasteiger partial charge in [-0.1, -0.05) is 66.7 Å². The normalized spacial score (nSPS) is 12.5. The Morgan fingerprint density at radius 3 is 2.43 bits per heavy atom. The highest BCUT2D eigenvalue weighted by atomic mass is 16.2. The topological polar surface area (TPSA) is 142 Å². The molecule has 0 saturated heterocycles. The fraction of sp³-hybridized carbons (Fsp3) is 0.257. The number of benzene rings is 3. The lowest BCUT2D eigenvalue weighted by Crippen LogP contribution is -2.53. The number of pyridine rings is 1. The van der Waals surface area contributed by atoms with E-state index in [-0.39, 0.29) is 12.3 Å². The Balaban J connectivity index is 1.14. The van der Waals surface area contributed by atoms with Gasteiger partial charge in [0.25, 0.3) is 0 Å². The van der Waals surface area contributed by atoms with Gasteiger partial charge < -0.3 is 26.7 Å². The van der Waals surface area contributed by atoms with Gasteiger partial charge in [-0.05, 0) is 61.1 Å². The van der Waals surface area contributed by atoms with Crippen LogP contribution < -0.4 is 21.7 Å². The minimum atomic E-state index is -0.852. The number of nitrogens with zero attached hydrogens (tertiary/aromatic N) is 1. The van der Waals surface area contributed by atoms with Crippen LogP contribution in [-0.4, -0.2) is 46.3 Å². The van der Waals surface area contributed by atoms with Crippen molar-refractivity contribution in [3.63, 3.8) is 0 Å². The second kappa shape index (κ2) is 14.8. The van der Waals surface area contributed by atoms with E-state index >= 15 is 0 Å². The van der Waals surface area contributed by atoms with Crippen molar-refractivity contribution < 1.29 is 14.4 Å². The molecule has 0 aliphatic rings. The molecule has 9 nitrogen and oxygen atoms in total. The number of nitrogens with two attached hydrogens (primary N) is 1. The molecule has 0 aliphatic heterocycles. The number of fused-ring (bicyclic) bond motifs is 2. The summed E-state index contributed by atoms with van der Waals surface area (Å²) in [5, 5.41) is 11.2. The molecule has 0 spiro atoms. The molecule has 5 aromatic rings. The van der Waals surface area contributed by atoms with Crippen LogP contribution in [0, 0.1) is 0 Å². The van der Waals surface area contributed by atoms with Crippen LogP contribution in [-0.2, 0) is 27.2 Å². The van der Waals surface area contributed by atoms with E-state index in [0.717, 1.165) is 45.2 Å². The second-order valence-corrected chi connectivity index (χ2v) is 10.9. The molecule has 0 radical (unpaired) electrons. The van der Waals surface area contributed by atoms with Gasteiger partial charge in [-0.25, -0.2) is 4.98 Å².